The van der Waals surface area contributed by atoms with Crippen molar-refractivity contribution in [1.29, 1.82) is 0 Å². The van der Waals surface area contributed by atoms with Gasteiger partial charge in [0.25, 0.3) is 9.84 Å². The van der Waals surface area contributed by atoms with Crippen molar-refractivity contribution in [3.05, 3.63) is 70.6 Å². The monoisotopic (exact) mass is 352 g/mol. The smallest absolute Gasteiger partial charge is 0.501 e. The molecule has 0 saturated carbocycles. The van der Waals surface area contributed by atoms with Crippen LogP contribution in [0, 0.1) is 11.8 Å². The fourth-order valence-electron chi connectivity index (χ4n) is 1.67. The molecule has 2 rings (SSSR count). The fraction of sp³-hybridized carbons (Fsp3) is 0.0588. The summed E-state index contributed by atoms with van der Waals surface area (Å²) >= 11 is 0. The van der Waals surface area contributed by atoms with Crippen molar-refractivity contribution in [2.24, 2.45) is 0 Å². The van der Waals surface area contributed by atoms with Gasteiger partial charge in [-0.25, -0.2) is 8.42 Å². The van der Waals surface area contributed by atoms with Gasteiger partial charge in [0.1, 0.15) is 5.75 Å². The quantitative estimate of drug-likeness (QED) is 0.839. The highest BCUT2D eigenvalue weighted by Crippen LogP contribution is 2.27. The van der Waals surface area contributed by atoms with Crippen LogP contribution in [0.2, 0.25) is 0 Å². The third kappa shape index (κ3) is 4.40. The van der Waals surface area contributed by atoms with Gasteiger partial charge in [-0.2, -0.15) is 13.2 Å². The normalized spacial score (nSPS) is 12.0. The lowest BCUT2D eigenvalue weighted by Crippen LogP contribution is -2.20. The van der Waals surface area contributed by atoms with Gasteiger partial charge in [-0.1, -0.05) is 30.0 Å². The van der Waals surface area contributed by atoms with Crippen LogP contribution in [0.4, 0.5) is 13.2 Å². The number of alkyl halides is 3. The number of phenols is 1. The number of phenolic OH excluding ortho intramolecular Hbond substituents is 1. The highest BCUT2D eigenvalue weighted by atomic mass is 32.2. The molecule has 124 valence electrons. The average molecular weight is 352 g/mol. The molecular formula is C17H11F3O3S. The maximum atomic E-state index is 12.3. The lowest BCUT2D eigenvalue weighted by molar-refractivity contribution is -0.0423. The predicted molar refractivity (Wildman–Crippen MR) is 84.5 cm³/mol. The molecule has 3 nitrogen and oxygen atoms in total. The maximum absolute atomic E-state index is 12.3. The molecule has 1 N–H and O–H groups in total. The van der Waals surface area contributed by atoms with E-state index >= 15 is 0 Å². The maximum Gasteiger partial charge on any atom is 0.501 e. The molecule has 0 saturated heterocycles. The molecule has 0 spiro atoms. The van der Waals surface area contributed by atoms with Gasteiger partial charge in [-0.3, -0.25) is 0 Å². The minimum absolute atomic E-state index is 0.0104. The summed E-state index contributed by atoms with van der Waals surface area (Å²) < 4.78 is 58.9. The molecule has 0 unspecified atom stereocenters. The van der Waals surface area contributed by atoms with Crippen molar-refractivity contribution in [2.75, 3.05) is 0 Å². The molecule has 24 heavy (non-hydrogen) atoms. The Balaban J connectivity index is 2.32. The van der Waals surface area contributed by atoms with E-state index in [0.29, 0.717) is 11.6 Å². The van der Waals surface area contributed by atoms with Crippen molar-refractivity contribution in [3.8, 4) is 17.6 Å². The van der Waals surface area contributed by atoms with Crippen molar-refractivity contribution in [3.63, 3.8) is 0 Å². The summed E-state index contributed by atoms with van der Waals surface area (Å²) in [6.07, 6.45) is 0.686. The molecule has 0 heterocycles. The molecule has 0 fully saturated rings. The summed E-state index contributed by atoms with van der Waals surface area (Å²) in [6.45, 7) is 0. The van der Waals surface area contributed by atoms with E-state index in [0.717, 1.165) is 5.56 Å². The van der Waals surface area contributed by atoms with E-state index in [4.69, 9.17) is 0 Å². The second kappa shape index (κ2) is 6.81. The Hall–Kier alpha value is -2.72. The molecule has 0 bridgehead atoms. The SMILES string of the molecule is O=S(=O)(/C=C/c1cc(C#Cc2ccccc2)ccc1O)C(F)(F)F. The first-order chi connectivity index (χ1) is 11.2. The largest absolute Gasteiger partial charge is 0.507 e. The van der Waals surface area contributed by atoms with E-state index in [9.17, 15) is 26.7 Å². The Labute approximate surface area is 137 Å². The third-order valence-electron chi connectivity index (χ3n) is 2.90. The lowest BCUT2D eigenvalue weighted by atomic mass is 10.1. The molecule has 0 aromatic heterocycles. The molecule has 0 radical (unpaired) electrons. The second-order valence-electron chi connectivity index (χ2n) is 4.68. The highest BCUT2D eigenvalue weighted by molar-refractivity contribution is 7.95. The number of hydrogen-bond acceptors (Lipinski definition) is 3. The third-order valence-corrected chi connectivity index (χ3v) is 4.04. The van der Waals surface area contributed by atoms with Gasteiger partial charge >= 0.3 is 5.51 Å². The molecule has 2 aromatic carbocycles. The van der Waals surface area contributed by atoms with E-state index < -0.39 is 15.3 Å². The average Bonchev–Trinajstić information content (AvgIpc) is 2.53. The Morgan fingerprint density at radius 3 is 2.21 bits per heavy atom. The predicted octanol–water partition coefficient (Wildman–Crippen LogP) is 3.70. The van der Waals surface area contributed by atoms with Gasteiger partial charge in [0, 0.05) is 22.1 Å². The first-order valence-electron chi connectivity index (χ1n) is 6.58. The minimum Gasteiger partial charge on any atom is -0.507 e. The van der Waals surface area contributed by atoms with Crippen LogP contribution in [0.3, 0.4) is 0 Å². The Bertz CT molecular complexity index is 919. The van der Waals surface area contributed by atoms with E-state index in [-0.39, 0.29) is 16.7 Å². The fourth-order valence-corrected chi connectivity index (χ4v) is 2.15. The van der Waals surface area contributed by atoms with Gasteiger partial charge in [0.05, 0.1) is 0 Å². The molecule has 7 heteroatoms. The lowest BCUT2D eigenvalue weighted by Gasteiger charge is -2.03. The van der Waals surface area contributed by atoms with Crippen LogP contribution in [0.25, 0.3) is 6.08 Å². The van der Waals surface area contributed by atoms with Crippen LogP contribution < -0.4 is 0 Å². The van der Waals surface area contributed by atoms with E-state index in [1.54, 1.807) is 24.3 Å². The van der Waals surface area contributed by atoms with Crippen molar-refractivity contribution >= 4 is 15.9 Å². The summed E-state index contributed by atoms with van der Waals surface area (Å²) in [6, 6.07) is 13.0. The first-order valence-corrected chi connectivity index (χ1v) is 8.13. The van der Waals surface area contributed by atoms with E-state index in [1.165, 1.54) is 18.2 Å². The van der Waals surface area contributed by atoms with Crippen molar-refractivity contribution < 1.29 is 26.7 Å². The standard InChI is InChI=1S/C17H11F3O3S/c18-17(19,20)24(22,23)11-10-15-12-14(8-9-16(15)21)7-6-13-4-2-1-3-5-13/h1-5,8-12,21H/b11-10+. The second-order valence-corrected chi connectivity index (χ2v) is 6.51. The zero-order valence-corrected chi connectivity index (χ0v) is 12.9. The van der Waals surface area contributed by atoms with Gasteiger partial charge in [0.2, 0.25) is 0 Å². The molecule has 0 aliphatic heterocycles. The molecule has 2 aromatic rings. The molecule has 0 aliphatic carbocycles. The number of benzene rings is 2. The Morgan fingerprint density at radius 2 is 1.58 bits per heavy atom. The number of hydrogen-bond donors (Lipinski definition) is 1. The zero-order chi connectivity index (χ0) is 17.8. The molecule has 0 atom stereocenters. The van der Waals surface area contributed by atoms with Crippen molar-refractivity contribution in [1.82, 2.24) is 0 Å². The van der Waals surface area contributed by atoms with Crippen LogP contribution in [0.15, 0.2) is 53.9 Å². The van der Waals surface area contributed by atoms with Gasteiger partial charge < -0.3 is 5.11 Å². The highest BCUT2D eigenvalue weighted by Gasteiger charge is 2.43. The van der Waals surface area contributed by atoms with Crippen LogP contribution >= 0.6 is 0 Å². The molecule has 0 amide bonds. The van der Waals surface area contributed by atoms with Crippen LogP contribution in [-0.4, -0.2) is 19.0 Å². The topological polar surface area (TPSA) is 54.4 Å². The van der Waals surface area contributed by atoms with E-state index in [1.807, 2.05) is 6.07 Å². The van der Waals surface area contributed by atoms with Gasteiger partial charge in [-0.15, -0.1) is 0 Å². The summed E-state index contributed by atoms with van der Waals surface area (Å²) in [4.78, 5) is 0. The van der Waals surface area contributed by atoms with Crippen LogP contribution in [0.5, 0.6) is 5.75 Å². The summed E-state index contributed by atoms with van der Waals surface area (Å²) in [5, 5.41) is 9.65. The number of rotatable bonds is 2. The molecule has 0 aliphatic rings. The first kappa shape index (κ1) is 17.6. The molecular weight excluding hydrogens is 341 g/mol. The number of aromatic hydroxyl groups is 1. The van der Waals surface area contributed by atoms with Gasteiger partial charge in [0.15, 0.2) is 0 Å². The van der Waals surface area contributed by atoms with E-state index in [2.05, 4.69) is 11.8 Å². The van der Waals surface area contributed by atoms with Crippen LogP contribution in [-0.2, 0) is 9.84 Å². The van der Waals surface area contributed by atoms with Gasteiger partial charge in [-0.05, 0) is 36.4 Å². The summed E-state index contributed by atoms with van der Waals surface area (Å²) in [5.41, 5.74) is -4.31. The summed E-state index contributed by atoms with van der Waals surface area (Å²) in [5.74, 6) is 5.29. The Kier molecular flexibility index (Phi) is 5.00. The van der Waals surface area contributed by atoms with Crippen LogP contribution in [0.1, 0.15) is 16.7 Å². The van der Waals surface area contributed by atoms with Crippen molar-refractivity contribution in [2.45, 2.75) is 5.51 Å². The summed E-state index contributed by atoms with van der Waals surface area (Å²) in [7, 11) is -5.41. The number of halogens is 3. The number of sulfone groups is 1. The minimum atomic E-state index is -5.41. The Morgan fingerprint density at radius 1 is 0.958 bits per heavy atom. The zero-order valence-electron chi connectivity index (χ0n) is 12.1.